The van der Waals surface area contributed by atoms with E-state index in [-0.39, 0.29) is 71.8 Å². The number of rotatable bonds is 19. The van der Waals surface area contributed by atoms with Crippen molar-refractivity contribution in [2.24, 2.45) is 5.92 Å². The van der Waals surface area contributed by atoms with Crippen LogP contribution in [0.1, 0.15) is 72.0 Å². The summed E-state index contributed by atoms with van der Waals surface area (Å²) in [6, 6.07) is 25.1. The predicted molar refractivity (Wildman–Crippen MR) is 340 cm³/mol. The van der Waals surface area contributed by atoms with Crippen LogP contribution in [0.2, 0.25) is 5.02 Å². The monoisotopic (exact) mass is 1250 g/mol. The molecule has 470 valence electrons. The number of benzene rings is 4. The highest BCUT2D eigenvalue weighted by Gasteiger charge is 2.35. The lowest BCUT2D eigenvalue weighted by Gasteiger charge is -2.42. The van der Waals surface area contributed by atoms with Crippen molar-refractivity contribution in [3.8, 4) is 40.7 Å². The Labute approximate surface area is 524 Å². The van der Waals surface area contributed by atoms with Crippen molar-refractivity contribution >= 4 is 61.6 Å². The second kappa shape index (κ2) is 27.4. The van der Waals surface area contributed by atoms with Gasteiger partial charge < -0.3 is 39.9 Å². The molecule has 4 aromatic carbocycles. The number of aromatic nitrogens is 5. The Hall–Kier alpha value is -7.92. The van der Waals surface area contributed by atoms with E-state index >= 15 is 0 Å². The SMILES string of the molecule is C=CC(=O)N1CCN(c2nc(OCCN3CCC(C(=O)N4CCN(Cc5ccc(-n6c(C(=O)NCCN7CCN(S(C)(=O)=O)CC7)nnc6-c6cc(C(C)C)c(O)cc6O)cc5)CC4)CC3)nc3c2CCN(c2cccc4cccc(Cl)c24)C3)CC1CC#N. The number of likely N-dealkylation sites (tertiary alicyclic amines) is 1. The van der Waals surface area contributed by atoms with Crippen LogP contribution in [0.4, 0.5) is 11.5 Å². The highest BCUT2D eigenvalue weighted by Crippen LogP contribution is 2.40. The molecule has 5 aliphatic heterocycles. The number of aromatic hydroxyl groups is 2. The van der Waals surface area contributed by atoms with E-state index < -0.39 is 15.9 Å². The van der Waals surface area contributed by atoms with Gasteiger partial charge in [-0.3, -0.25) is 33.7 Å². The van der Waals surface area contributed by atoms with Crippen LogP contribution in [0.25, 0.3) is 27.8 Å². The van der Waals surface area contributed by atoms with Crippen LogP contribution in [0.15, 0.2) is 85.5 Å². The number of phenols is 2. The first-order chi connectivity index (χ1) is 42.9. The summed E-state index contributed by atoms with van der Waals surface area (Å²) in [6.07, 6.45) is 4.87. The highest BCUT2D eigenvalue weighted by molar-refractivity contribution is 7.88. The van der Waals surface area contributed by atoms with Gasteiger partial charge in [-0.15, -0.1) is 10.2 Å². The molecule has 0 radical (unpaired) electrons. The summed E-state index contributed by atoms with van der Waals surface area (Å²) >= 11 is 6.81. The van der Waals surface area contributed by atoms with Gasteiger partial charge in [0.25, 0.3) is 5.91 Å². The Bertz CT molecular complexity index is 3740. The van der Waals surface area contributed by atoms with Gasteiger partial charge >= 0.3 is 6.01 Å². The number of amides is 3. The highest BCUT2D eigenvalue weighted by atomic mass is 35.5. The van der Waals surface area contributed by atoms with Gasteiger partial charge in [-0.25, -0.2) is 8.42 Å². The third-order valence-corrected chi connectivity index (χ3v) is 19.6. The number of piperazine rings is 3. The van der Waals surface area contributed by atoms with Crippen LogP contribution in [0.3, 0.4) is 0 Å². The fraction of sp³-hybridized carbons (Fsp3) is 0.469. The molecule has 6 aromatic rings. The molecule has 7 heterocycles. The van der Waals surface area contributed by atoms with E-state index in [1.165, 1.54) is 22.7 Å². The molecule has 23 nitrogen and oxygen atoms in total. The average molecular weight is 1250 g/mol. The summed E-state index contributed by atoms with van der Waals surface area (Å²) in [4.78, 5) is 65.9. The zero-order valence-corrected chi connectivity index (χ0v) is 52.4. The van der Waals surface area contributed by atoms with Gasteiger partial charge in [0.15, 0.2) is 5.82 Å². The van der Waals surface area contributed by atoms with Gasteiger partial charge in [-0.2, -0.15) is 19.5 Å². The van der Waals surface area contributed by atoms with E-state index in [0.29, 0.717) is 133 Å². The molecule has 89 heavy (non-hydrogen) atoms. The number of fused-ring (bicyclic) bond motifs is 2. The molecule has 4 fully saturated rings. The molecule has 11 rings (SSSR count). The maximum atomic E-state index is 14.0. The minimum absolute atomic E-state index is 0.0111. The van der Waals surface area contributed by atoms with E-state index in [2.05, 4.69) is 70.9 Å². The normalized spacial score (nSPS) is 18.5. The van der Waals surface area contributed by atoms with Crippen LogP contribution < -0.4 is 19.9 Å². The van der Waals surface area contributed by atoms with Crippen molar-refractivity contribution in [2.75, 3.05) is 134 Å². The summed E-state index contributed by atoms with van der Waals surface area (Å²) < 4.78 is 33.5. The van der Waals surface area contributed by atoms with Crippen molar-refractivity contribution in [1.29, 1.82) is 5.26 Å². The zero-order chi connectivity index (χ0) is 62.5. The number of phenolic OH excluding ortho intramolecular Hbond substituents is 2. The van der Waals surface area contributed by atoms with Gasteiger partial charge in [-0.05, 0) is 91.2 Å². The Balaban J connectivity index is 0.688. The second-order valence-electron chi connectivity index (χ2n) is 24.0. The number of nitrogens with zero attached hydrogens (tertiary/aromatic N) is 14. The van der Waals surface area contributed by atoms with Crippen LogP contribution in [0.5, 0.6) is 17.5 Å². The molecule has 0 saturated carbocycles. The molecule has 2 aromatic heterocycles. The number of halogens is 1. The smallest absolute Gasteiger partial charge is 0.318 e. The summed E-state index contributed by atoms with van der Waals surface area (Å²) in [5.41, 5.74) is 5.45. The maximum Gasteiger partial charge on any atom is 0.318 e. The maximum absolute atomic E-state index is 14.0. The van der Waals surface area contributed by atoms with E-state index in [1.807, 2.05) is 61.2 Å². The molecule has 3 N–H and O–H groups in total. The molecule has 4 saturated heterocycles. The topological polar surface area (TPSA) is 253 Å². The molecule has 25 heteroatoms. The van der Waals surface area contributed by atoms with E-state index in [1.54, 1.807) is 15.5 Å². The molecule has 0 bridgehead atoms. The number of carbonyl (C=O) groups is 3. The first kappa shape index (κ1) is 62.7. The molecule has 5 aliphatic rings. The van der Waals surface area contributed by atoms with E-state index in [0.717, 1.165) is 71.6 Å². The second-order valence-corrected chi connectivity index (χ2v) is 26.4. The number of hydrogen-bond donors (Lipinski definition) is 3. The standard InChI is InChI=1S/C64H78ClN15O8S/c1-5-57(83)79-35-32-77(41-48(79)16-20-66)59-49-19-24-76(54-11-7-9-45-8-6-10-52(65)58(45)54)42-53(49)68-64(69-59)88-37-36-72-22-17-46(18-23-72)63(85)75-30-26-74(27-31-75)40-44-12-14-47(15-13-44)80-60(51-38-50(43(2)3)55(81)39-56(51)82)70-71-61(80)62(84)67-21-25-73-28-33-78(34-29-73)89(4,86)87/h5-15,38-39,43,46,48,81-82H,1,16-19,21-37,40-42H2,2-4H3,(H,67,84). The van der Waals surface area contributed by atoms with Crippen LogP contribution >= 0.6 is 11.6 Å². The van der Waals surface area contributed by atoms with Crippen LogP contribution in [-0.4, -0.2) is 220 Å². The number of sulfonamides is 1. The lowest BCUT2D eigenvalue weighted by Crippen LogP contribution is -2.55. The van der Waals surface area contributed by atoms with Crippen molar-refractivity contribution in [1.82, 2.24) is 58.9 Å². The third kappa shape index (κ3) is 14.1. The lowest BCUT2D eigenvalue weighted by molar-refractivity contribution is -0.139. The number of ether oxygens (including phenoxy) is 1. The van der Waals surface area contributed by atoms with Crippen LogP contribution in [0, 0.1) is 17.2 Å². The predicted octanol–water partition coefficient (Wildman–Crippen LogP) is 5.49. The minimum Gasteiger partial charge on any atom is -0.508 e. The van der Waals surface area contributed by atoms with Crippen molar-refractivity contribution in [3.63, 3.8) is 0 Å². The first-order valence-corrected chi connectivity index (χ1v) is 33.0. The van der Waals surface area contributed by atoms with Crippen molar-refractivity contribution in [3.05, 3.63) is 119 Å². The molecule has 0 spiro atoms. The molecular formula is C64H78ClN15O8S. The van der Waals surface area contributed by atoms with Gasteiger partial charge in [0.2, 0.25) is 27.7 Å². The Morgan fingerprint density at radius 2 is 1.56 bits per heavy atom. The third-order valence-electron chi connectivity index (χ3n) is 18.0. The van der Waals surface area contributed by atoms with Crippen molar-refractivity contribution in [2.45, 2.75) is 64.6 Å². The summed E-state index contributed by atoms with van der Waals surface area (Å²) in [6.45, 7) is 18.7. The molecule has 3 amide bonds. The van der Waals surface area contributed by atoms with Gasteiger partial charge in [0, 0.05) is 139 Å². The fourth-order valence-corrected chi connectivity index (χ4v) is 14.1. The first-order valence-electron chi connectivity index (χ1n) is 30.7. The van der Waals surface area contributed by atoms with Gasteiger partial charge in [-0.1, -0.05) is 68.4 Å². The molecule has 1 atom stereocenters. The van der Waals surface area contributed by atoms with Crippen molar-refractivity contribution < 1.29 is 37.8 Å². The molecule has 1 unspecified atom stereocenters. The molecule has 0 aliphatic carbocycles. The number of piperidine rings is 1. The fourth-order valence-electron chi connectivity index (χ4n) is 13.0. The summed E-state index contributed by atoms with van der Waals surface area (Å²) in [5.74, 6) is 0.132. The van der Waals surface area contributed by atoms with Gasteiger partial charge in [0.05, 0.1) is 47.6 Å². The molecular weight excluding hydrogens is 1170 g/mol. The number of hydrogen-bond acceptors (Lipinski definition) is 18. The average Bonchev–Trinajstić information content (AvgIpc) is 1.75. The minimum atomic E-state index is -3.27. The number of nitriles is 1. The number of nitrogens with one attached hydrogen (secondary N) is 1. The Kier molecular flexibility index (Phi) is 19.3. The van der Waals surface area contributed by atoms with E-state index in [4.69, 9.17) is 26.3 Å². The summed E-state index contributed by atoms with van der Waals surface area (Å²) in [7, 11) is -3.27. The number of anilines is 2. The largest absolute Gasteiger partial charge is 0.508 e. The lowest BCUT2D eigenvalue weighted by atomic mass is 9.95. The number of carbonyl (C=O) groups excluding carboxylic acids is 3. The zero-order valence-electron chi connectivity index (χ0n) is 50.8. The Morgan fingerprint density at radius 3 is 2.27 bits per heavy atom. The quantitative estimate of drug-likeness (QED) is 0.0848. The summed E-state index contributed by atoms with van der Waals surface area (Å²) in [5, 5.41) is 46.0. The van der Waals surface area contributed by atoms with Crippen LogP contribution in [-0.2, 0) is 39.1 Å². The van der Waals surface area contributed by atoms with E-state index in [9.17, 15) is 38.3 Å². The van der Waals surface area contributed by atoms with Gasteiger partial charge in [0.1, 0.15) is 23.9 Å². The Morgan fingerprint density at radius 1 is 0.843 bits per heavy atom.